The second-order valence-electron chi connectivity index (χ2n) is 6.37. The molecular formula is C21H21N3O3S. The van der Waals surface area contributed by atoms with Gasteiger partial charge in [0.15, 0.2) is 0 Å². The van der Waals surface area contributed by atoms with E-state index in [1.807, 2.05) is 37.3 Å². The van der Waals surface area contributed by atoms with Gasteiger partial charge in [0.05, 0.1) is 16.6 Å². The van der Waals surface area contributed by atoms with Crippen molar-refractivity contribution < 1.29 is 13.2 Å². The van der Waals surface area contributed by atoms with E-state index in [-0.39, 0.29) is 16.8 Å². The van der Waals surface area contributed by atoms with Crippen LogP contribution in [-0.2, 0) is 10.0 Å². The van der Waals surface area contributed by atoms with Crippen LogP contribution in [0.3, 0.4) is 0 Å². The molecule has 1 amide bonds. The maximum absolute atomic E-state index is 12.8. The summed E-state index contributed by atoms with van der Waals surface area (Å²) in [5.41, 5.74) is 1.87. The molecule has 3 aromatic rings. The molecule has 3 rings (SSSR count). The minimum Gasteiger partial charge on any atom is -0.335 e. The lowest BCUT2D eigenvalue weighted by Crippen LogP contribution is -2.29. The molecule has 0 aliphatic heterocycles. The molecule has 0 radical (unpaired) electrons. The summed E-state index contributed by atoms with van der Waals surface area (Å²) in [7, 11) is -2.01. The molecule has 6 nitrogen and oxygen atoms in total. The number of hydrogen-bond donors (Lipinski definition) is 1. The molecule has 1 heterocycles. The number of nitrogens with one attached hydrogen (secondary N) is 1. The maximum atomic E-state index is 12.8. The van der Waals surface area contributed by atoms with Crippen molar-refractivity contribution in [1.82, 2.24) is 9.88 Å². The highest BCUT2D eigenvalue weighted by Gasteiger charge is 2.20. The van der Waals surface area contributed by atoms with Gasteiger partial charge in [0.1, 0.15) is 0 Å². The topological polar surface area (TPSA) is 79.4 Å². The van der Waals surface area contributed by atoms with Crippen LogP contribution in [0.4, 0.5) is 5.69 Å². The molecule has 0 spiro atoms. The first-order chi connectivity index (χ1) is 13.4. The van der Waals surface area contributed by atoms with Gasteiger partial charge in [-0.05, 0) is 48.9 Å². The number of anilines is 1. The third kappa shape index (κ3) is 4.37. The summed E-state index contributed by atoms with van der Waals surface area (Å²) in [5, 5.41) is 0. The van der Waals surface area contributed by atoms with E-state index in [2.05, 4.69) is 9.71 Å². The van der Waals surface area contributed by atoms with E-state index in [0.29, 0.717) is 11.3 Å². The van der Waals surface area contributed by atoms with Crippen LogP contribution in [0.1, 0.15) is 28.9 Å². The summed E-state index contributed by atoms with van der Waals surface area (Å²) >= 11 is 0. The van der Waals surface area contributed by atoms with E-state index in [4.69, 9.17) is 0 Å². The van der Waals surface area contributed by atoms with Crippen LogP contribution < -0.4 is 4.72 Å². The fourth-order valence-electron chi connectivity index (χ4n) is 2.75. The third-order valence-corrected chi connectivity index (χ3v) is 5.92. The zero-order valence-electron chi connectivity index (χ0n) is 15.6. The summed E-state index contributed by atoms with van der Waals surface area (Å²) in [5.74, 6) is -0.178. The molecule has 0 fully saturated rings. The lowest BCUT2D eigenvalue weighted by atomic mass is 10.1. The largest absolute Gasteiger partial charge is 0.335 e. The summed E-state index contributed by atoms with van der Waals surface area (Å²) in [6.45, 7) is 1.95. The number of pyridine rings is 1. The van der Waals surface area contributed by atoms with Gasteiger partial charge in [-0.1, -0.05) is 30.3 Å². The Labute approximate surface area is 164 Å². The van der Waals surface area contributed by atoms with Crippen LogP contribution in [0.2, 0.25) is 0 Å². The molecule has 1 aromatic heterocycles. The summed E-state index contributed by atoms with van der Waals surface area (Å²) < 4.78 is 27.4. The molecule has 0 saturated heterocycles. The first-order valence-corrected chi connectivity index (χ1v) is 10.2. The molecular weight excluding hydrogens is 374 g/mol. The average Bonchev–Trinajstić information content (AvgIpc) is 2.73. The second kappa shape index (κ2) is 8.22. The standard InChI is InChI=1S/C21H21N3O3S/c1-16(17-6-4-3-5-7-17)24(2)21(25)18-8-10-20(11-9-18)28(26,27)23-19-12-14-22-15-13-19/h3-16H,1-2H3,(H,22,23)/t16-/m0/s1. The second-order valence-corrected chi connectivity index (χ2v) is 8.05. The lowest BCUT2D eigenvalue weighted by molar-refractivity contribution is 0.0742. The van der Waals surface area contributed by atoms with Crippen LogP contribution >= 0.6 is 0 Å². The van der Waals surface area contributed by atoms with E-state index in [1.165, 1.54) is 36.7 Å². The minimum atomic E-state index is -3.74. The van der Waals surface area contributed by atoms with Crippen molar-refractivity contribution in [3.05, 3.63) is 90.3 Å². The Morgan fingerprint density at radius 3 is 2.18 bits per heavy atom. The van der Waals surface area contributed by atoms with E-state index < -0.39 is 10.0 Å². The van der Waals surface area contributed by atoms with Gasteiger partial charge in [0.25, 0.3) is 15.9 Å². The van der Waals surface area contributed by atoms with Crippen molar-refractivity contribution in [1.29, 1.82) is 0 Å². The smallest absolute Gasteiger partial charge is 0.261 e. The van der Waals surface area contributed by atoms with Crippen LogP contribution in [0.25, 0.3) is 0 Å². The predicted molar refractivity (Wildman–Crippen MR) is 108 cm³/mol. The number of benzene rings is 2. The van der Waals surface area contributed by atoms with Crippen molar-refractivity contribution in [3.8, 4) is 0 Å². The zero-order chi connectivity index (χ0) is 20.1. The highest BCUT2D eigenvalue weighted by Crippen LogP contribution is 2.21. The molecule has 0 saturated carbocycles. The number of amides is 1. The van der Waals surface area contributed by atoms with E-state index in [9.17, 15) is 13.2 Å². The number of nitrogens with zero attached hydrogens (tertiary/aromatic N) is 2. The SMILES string of the molecule is C[C@@H](c1ccccc1)N(C)C(=O)c1ccc(S(=O)(=O)Nc2ccncc2)cc1. The number of hydrogen-bond acceptors (Lipinski definition) is 4. The zero-order valence-corrected chi connectivity index (χ0v) is 16.4. The molecule has 0 aliphatic rings. The number of rotatable bonds is 6. The summed E-state index contributed by atoms with van der Waals surface area (Å²) in [6.07, 6.45) is 3.01. The first-order valence-electron chi connectivity index (χ1n) is 8.73. The van der Waals surface area contributed by atoms with Crippen molar-refractivity contribution in [2.75, 3.05) is 11.8 Å². The minimum absolute atomic E-state index is 0.0830. The van der Waals surface area contributed by atoms with Crippen molar-refractivity contribution in [3.63, 3.8) is 0 Å². The van der Waals surface area contributed by atoms with Gasteiger partial charge >= 0.3 is 0 Å². The molecule has 1 N–H and O–H groups in total. The molecule has 1 atom stereocenters. The normalized spacial score (nSPS) is 12.2. The Kier molecular flexibility index (Phi) is 5.75. The van der Waals surface area contributed by atoms with Gasteiger partial charge in [-0.2, -0.15) is 0 Å². The molecule has 144 valence electrons. The van der Waals surface area contributed by atoms with Crippen LogP contribution in [-0.4, -0.2) is 31.3 Å². The van der Waals surface area contributed by atoms with Crippen molar-refractivity contribution >= 4 is 21.6 Å². The number of aromatic nitrogens is 1. The summed E-state index contributed by atoms with van der Waals surface area (Å²) in [4.78, 5) is 18.3. The monoisotopic (exact) mass is 395 g/mol. The molecule has 0 bridgehead atoms. The van der Waals surface area contributed by atoms with Crippen LogP contribution in [0.5, 0.6) is 0 Å². The van der Waals surface area contributed by atoms with Gasteiger partial charge in [-0.15, -0.1) is 0 Å². The van der Waals surface area contributed by atoms with Gasteiger partial charge in [0, 0.05) is 25.0 Å². The molecule has 28 heavy (non-hydrogen) atoms. The van der Waals surface area contributed by atoms with Gasteiger partial charge in [-0.25, -0.2) is 8.42 Å². The fourth-order valence-corrected chi connectivity index (χ4v) is 3.80. The number of carbonyl (C=O) groups excluding carboxylic acids is 1. The fraction of sp³-hybridized carbons (Fsp3) is 0.143. The van der Waals surface area contributed by atoms with Gasteiger partial charge < -0.3 is 4.90 Å². The predicted octanol–water partition coefficient (Wildman–Crippen LogP) is 3.72. The Balaban J connectivity index is 1.75. The van der Waals surface area contributed by atoms with Crippen molar-refractivity contribution in [2.45, 2.75) is 17.9 Å². The Bertz CT molecular complexity index is 1040. The molecule has 2 aromatic carbocycles. The summed E-state index contributed by atoms with van der Waals surface area (Å²) in [6, 6.07) is 18.7. The quantitative estimate of drug-likeness (QED) is 0.690. The lowest BCUT2D eigenvalue weighted by Gasteiger charge is -2.25. The first kappa shape index (κ1) is 19.6. The average molecular weight is 395 g/mol. The highest BCUT2D eigenvalue weighted by atomic mass is 32.2. The van der Waals surface area contributed by atoms with Crippen LogP contribution in [0, 0.1) is 0 Å². The molecule has 0 unspecified atom stereocenters. The van der Waals surface area contributed by atoms with E-state index in [0.717, 1.165) is 5.56 Å². The Hall–Kier alpha value is -3.19. The third-order valence-electron chi connectivity index (χ3n) is 4.53. The molecule has 7 heteroatoms. The van der Waals surface area contributed by atoms with Crippen molar-refractivity contribution in [2.24, 2.45) is 0 Å². The Morgan fingerprint density at radius 2 is 1.57 bits per heavy atom. The number of carbonyl (C=O) groups is 1. The van der Waals surface area contributed by atoms with Gasteiger partial charge in [0.2, 0.25) is 0 Å². The Morgan fingerprint density at radius 1 is 0.964 bits per heavy atom. The maximum Gasteiger partial charge on any atom is 0.261 e. The van der Waals surface area contributed by atoms with E-state index >= 15 is 0 Å². The number of sulfonamides is 1. The van der Waals surface area contributed by atoms with Gasteiger partial charge in [-0.3, -0.25) is 14.5 Å². The van der Waals surface area contributed by atoms with Crippen LogP contribution in [0.15, 0.2) is 84.0 Å². The van der Waals surface area contributed by atoms with E-state index in [1.54, 1.807) is 24.1 Å². The highest BCUT2D eigenvalue weighted by molar-refractivity contribution is 7.92. The molecule has 0 aliphatic carbocycles.